The summed E-state index contributed by atoms with van der Waals surface area (Å²) in [5.41, 5.74) is 2.72. The Morgan fingerprint density at radius 2 is 2.12 bits per heavy atom. The second-order valence-corrected chi connectivity index (χ2v) is 4.88. The third-order valence-electron chi connectivity index (χ3n) is 3.18. The van der Waals surface area contributed by atoms with E-state index in [1.54, 1.807) is 0 Å². The smallest absolute Gasteiger partial charge is 0.0584 e. The van der Waals surface area contributed by atoms with E-state index in [9.17, 15) is 0 Å². The van der Waals surface area contributed by atoms with Crippen molar-refractivity contribution in [1.29, 1.82) is 0 Å². The minimum absolute atomic E-state index is 0.227. The lowest BCUT2D eigenvalue weighted by Gasteiger charge is -2.20. The summed E-state index contributed by atoms with van der Waals surface area (Å²) < 4.78 is 0. The molecule has 0 aliphatic rings. The van der Waals surface area contributed by atoms with Gasteiger partial charge in [0.05, 0.1) is 6.61 Å². The van der Waals surface area contributed by atoms with E-state index in [0.29, 0.717) is 6.04 Å². The van der Waals surface area contributed by atoms with Gasteiger partial charge in [-0.05, 0) is 38.7 Å². The van der Waals surface area contributed by atoms with E-state index in [2.05, 4.69) is 50.4 Å². The summed E-state index contributed by atoms with van der Waals surface area (Å²) >= 11 is 0. The van der Waals surface area contributed by atoms with Gasteiger partial charge >= 0.3 is 0 Å². The highest BCUT2D eigenvalue weighted by atomic mass is 16.3. The Bertz CT molecular complexity index is 320. The van der Waals surface area contributed by atoms with Gasteiger partial charge in [0.15, 0.2) is 0 Å². The van der Waals surface area contributed by atoms with Gasteiger partial charge in [-0.25, -0.2) is 0 Å². The Kier molecular flexibility index (Phi) is 6.23. The Labute approximate surface area is 105 Å². The summed E-state index contributed by atoms with van der Waals surface area (Å²) in [5.74, 6) is 0. The number of hydrogen-bond acceptors (Lipinski definition) is 2. The van der Waals surface area contributed by atoms with Crippen LogP contribution in [0.15, 0.2) is 24.3 Å². The highest BCUT2D eigenvalue weighted by Crippen LogP contribution is 2.08. The molecule has 2 atom stereocenters. The number of rotatable bonds is 7. The first-order valence-corrected chi connectivity index (χ1v) is 6.58. The van der Waals surface area contributed by atoms with Crippen LogP contribution in [0.4, 0.5) is 0 Å². The van der Waals surface area contributed by atoms with E-state index in [4.69, 9.17) is 5.11 Å². The third-order valence-corrected chi connectivity index (χ3v) is 3.18. The summed E-state index contributed by atoms with van der Waals surface area (Å²) in [4.78, 5) is 0. The summed E-state index contributed by atoms with van der Waals surface area (Å²) in [6.07, 6.45) is 3.18. The van der Waals surface area contributed by atoms with Gasteiger partial charge in [0.2, 0.25) is 0 Å². The van der Waals surface area contributed by atoms with Gasteiger partial charge in [0.25, 0.3) is 0 Å². The maximum Gasteiger partial charge on any atom is 0.0584 e. The highest BCUT2D eigenvalue weighted by Gasteiger charge is 2.08. The molecule has 1 aromatic carbocycles. The lowest BCUT2D eigenvalue weighted by atomic mass is 10.0. The molecule has 0 fully saturated rings. The van der Waals surface area contributed by atoms with Crippen molar-refractivity contribution in [2.45, 2.75) is 52.1 Å². The monoisotopic (exact) mass is 235 g/mol. The molecule has 0 spiro atoms. The largest absolute Gasteiger partial charge is 0.395 e. The van der Waals surface area contributed by atoms with Gasteiger partial charge in [0.1, 0.15) is 0 Å². The van der Waals surface area contributed by atoms with Crippen molar-refractivity contribution in [2.24, 2.45) is 0 Å². The second-order valence-electron chi connectivity index (χ2n) is 4.88. The molecule has 0 saturated carbocycles. The molecule has 0 bridgehead atoms. The predicted molar refractivity (Wildman–Crippen MR) is 73.3 cm³/mol. The fourth-order valence-electron chi connectivity index (χ4n) is 2.04. The van der Waals surface area contributed by atoms with Crippen molar-refractivity contribution in [3.05, 3.63) is 35.4 Å². The SMILES string of the molecule is CC[C@H](CO)NC(C)CCc1cccc(C)c1. The fraction of sp³-hybridized carbons (Fsp3) is 0.600. The fourth-order valence-corrected chi connectivity index (χ4v) is 2.04. The molecule has 0 saturated heterocycles. The quantitative estimate of drug-likeness (QED) is 0.761. The van der Waals surface area contributed by atoms with Crippen molar-refractivity contribution >= 4 is 0 Å². The Morgan fingerprint density at radius 3 is 2.71 bits per heavy atom. The zero-order valence-electron chi connectivity index (χ0n) is 11.2. The standard InChI is InChI=1S/C15H25NO/c1-4-15(11-17)16-13(3)8-9-14-7-5-6-12(2)10-14/h5-7,10,13,15-17H,4,8-9,11H2,1-3H3/t13?,15-/m1/s1. The first kappa shape index (κ1) is 14.2. The molecular weight excluding hydrogens is 210 g/mol. The lowest BCUT2D eigenvalue weighted by molar-refractivity contribution is 0.228. The maximum absolute atomic E-state index is 9.13. The number of benzene rings is 1. The molecule has 0 radical (unpaired) electrons. The molecule has 0 aliphatic heterocycles. The molecule has 0 amide bonds. The Hall–Kier alpha value is -0.860. The van der Waals surface area contributed by atoms with Crippen molar-refractivity contribution in [2.75, 3.05) is 6.61 Å². The topological polar surface area (TPSA) is 32.3 Å². The van der Waals surface area contributed by atoms with Crippen LogP contribution in [0.5, 0.6) is 0 Å². The molecule has 96 valence electrons. The Balaban J connectivity index is 2.35. The lowest BCUT2D eigenvalue weighted by Crippen LogP contribution is -2.38. The van der Waals surface area contributed by atoms with Gasteiger partial charge in [0, 0.05) is 12.1 Å². The van der Waals surface area contributed by atoms with Crippen molar-refractivity contribution < 1.29 is 5.11 Å². The molecule has 0 heterocycles. The average Bonchev–Trinajstić information content (AvgIpc) is 2.33. The summed E-state index contributed by atoms with van der Waals surface area (Å²) in [6.45, 7) is 6.64. The number of aryl methyl sites for hydroxylation is 2. The minimum Gasteiger partial charge on any atom is -0.395 e. The van der Waals surface area contributed by atoms with Crippen LogP contribution < -0.4 is 5.32 Å². The molecule has 2 nitrogen and oxygen atoms in total. The Morgan fingerprint density at radius 1 is 1.35 bits per heavy atom. The average molecular weight is 235 g/mol. The van der Waals surface area contributed by atoms with Crippen LogP contribution >= 0.6 is 0 Å². The van der Waals surface area contributed by atoms with Crippen molar-refractivity contribution in [3.63, 3.8) is 0 Å². The van der Waals surface area contributed by atoms with E-state index in [1.807, 2.05) is 0 Å². The van der Waals surface area contributed by atoms with Gasteiger partial charge in [-0.15, -0.1) is 0 Å². The molecule has 2 heteroatoms. The van der Waals surface area contributed by atoms with Crippen LogP contribution in [0, 0.1) is 6.92 Å². The number of aliphatic hydroxyl groups excluding tert-OH is 1. The van der Waals surface area contributed by atoms with Gasteiger partial charge in [-0.1, -0.05) is 36.8 Å². The maximum atomic E-state index is 9.13. The van der Waals surface area contributed by atoms with Crippen LogP contribution in [0.2, 0.25) is 0 Å². The summed E-state index contributed by atoms with van der Waals surface area (Å²) in [7, 11) is 0. The predicted octanol–water partition coefficient (Wildman–Crippen LogP) is 2.68. The second kappa shape index (κ2) is 7.46. The van der Waals surface area contributed by atoms with Crippen LogP contribution in [-0.4, -0.2) is 23.8 Å². The molecule has 0 aliphatic carbocycles. The van der Waals surface area contributed by atoms with Crippen LogP contribution in [0.25, 0.3) is 0 Å². The van der Waals surface area contributed by atoms with E-state index >= 15 is 0 Å². The zero-order valence-corrected chi connectivity index (χ0v) is 11.2. The molecule has 1 unspecified atom stereocenters. The molecule has 17 heavy (non-hydrogen) atoms. The molecule has 2 N–H and O–H groups in total. The van der Waals surface area contributed by atoms with Gasteiger partial charge < -0.3 is 10.4 Å². The number of nitrogens with one attached hydrogen (secondary N) is 1. The normalized spacial score (nSPS) is 14.6. The van der Waals surface area contributed by atoms with E-state index in [0.717, 1.165) is 19.3 Å². The first-order valence-electron chi connectivity index (χ1n) is 6.58. The van der Waals surface area contributed by atoms with Crippen LogP contribution in [0.3, 0.4) is 0 Å². The van der Waals surface area contributed by atoms with Gasteiger partial charge in [-0.2, -0.15) is 0 Å². The van der Waals surface area contributed by atoms with Crippen LogP contribution in [-0.2, 0) is 6.42 Å². The first-order chi connectivity index (χ1) is 8.15. The minimum atomic E-state index is 0.227. The summed E-state index contributed by atoms with van der Waals surface area (Å²) in [5, 5.41) is 12.6. The van der Waals surface area contributed by atoms with Gasteiger partial charge in [-0.3, -0.25) is 0 Å². The molecular formula is C15H25NO. The highest BCUT2D eigenvalue weighted by molar-refractivity contribution is 5.22. The van der Waals surface area contributed by atoms with Crippen molar-refractivity contribution in [3.8, 4) is 0 Å². The van der Waals surface area contributed by atoms with Crippen molar-refractivity contribution in [1.82, 2.24) is 5.32 Å². The van der Waals surface area contributed by atoms with E-state index in [1.165, 1.54) is 11.1 Å². The third kappa shape index (κ3) is 5.33. The zero-order chi connectivity index (χ0) is 12.7. The van der Waals surface area contributed by atoms with E-state index in [-0.39, 0.29) is 12.6 Å². The van der Waals surface area contributed by atoms with E-state index < -0.39 is 0 Å². The molecule has 1 rings (SSSR count). The molecule has 1 aromatic rings. The summed E-state index contributed by atoms with van der Waals surface area (Å²) in [6, 6.07) is 9.37. The molecule has 0 aromatic heterocycles. The number of aliphatic hydroxyl groups is 1. The van der Waals surface area contributed by atoms with Crippen LogP contribution in [0.1, 0.15) is 37.8 Å². The number of hydrogen-bond donors (Lipinski definition) is 2.